The van der Waals surface area contributed by atoms with Gasteiger partial charge in [-0.2, -0.15) is 0 Å². The van der Waals surface area contributed by atoms with E-state index in [-0.39, 0.29) is 34.3 Å². The number of methoxy groups -OCH3 is 1. The lowest BCUT2D eigenvalue weighted by molar-refractivity contribution is -0.140. The highest BCUT2D eigenvalue weighted by Crippen LogP contribution is 2.39. The van der Waals surface area contributed by atoms with Crippen molar-refractivity contribution in [2.75, 3.05) is 13.7 Å². The number of ether oxygens (including phenoxy) is 2. The van der Waals surface area contributed by atoms with Crippen molar-refractivity contribution in [2.45, 2.75) is 19.3 Å². The molecule has 184 valence electrons. The zero-order chi connectivity index (χ0) is 25.8. The highest BCUT2D eigenvalue weighted by Gasteiger charge is 2.26. The third kappa shape index (κ3) is 5.10. The number of hydrogen-bond donors (Lipinski definition) is 2. The van der Waals surface area contributed by atoms with Crippen LogP contribution in [0.15, 0.2) is 88.3 Å². The van der Waals surface area contributed by atoms with E-state index < -0.39 is 11.9 Å². The summed E-state index contributed by atoms with van der Waals surface area (Å²) in [4.78, 5) is 25.7. The van der Waals surface area contributed by atoms with E-state index in [1.54, 1.807) is 36.4 Å². The normalized spacial score (nSPS) is 11.7. The summed E-state index contributed by atoms with van der Waals surface area (Å²) in [6.45, 7) is 6.07. The van der Waals surface area contributed by atoms with Crippen LogP contribution in [0, 0.1) is 0 Å². The second-order valence-electron chi connectivity index (χ2n) is 8.55. The third-order valence-electron chi connectivity index (χ3n) is 5.85. The average molecular weight is 487 g/mol. The van der Waals surface area contributed by atoms with Gasteiger partial charge in [0.15, 0.2) is 0 Å². The molecule has 1 aromatic heterocycles. The molecule has 4 aromatic rings. The second-order valence-corrected chi connectivity index (χ2v) is 8.55. The summed E-state index contributed by atoms with van der Waals surface area (Å²) in [5.74, 6) is -0.538. The van der Waals surface area contributed by atoms with E-state index >= 15 is 0 Å². The molecule has 4 rings (SSSR count). The van der Waals surface area contributed by atoms with E-state index in [4.69, 9.17) is 13.9 Å². The van der Waals surface area contributed by atoms with Gasteiger partial charge in [-0.1, -0.05) is 30.8 Å². The lowest BCUT2D eigenvalue weighted by atomic mass is 9.86. The molecule has 0 saturated carbocycles. The second kappa shape index (κ2) is 10.4. The van der Waals surface area contributed by atoms with E-state index in [2.05, 4.69) is 6.58 Å². The van der Waals surface area contributed by atoms with Gasteiger partial charge in [0.05, 0.1) is 24.5 Å². The number of benzene rings is 3. The van der Waals surface area contributed by atoms with Crippen LogP contribution in [-0.4, -0.2) is 29.9 Å². The lowest BCUT2D eigenvalue weighted by Gasteiger charge is -2.20. The fourth-order valence-corrected chi connectivity index (χ4v) is 4.03. The molecule has 0 spiro atoms. The number of phenolic OH excluding ortho intramolecular Hbond substituents is 2. The van der Waals surface area contributed by atoms with Crippen molar-refractivity contribution in [1.82, 2.24) is 0 Å². The molecule has 7 heteroatoms. The first-order valence-electron chi connectivity index (χ1n) is 11.3. The molecule has 0 aliphatic heterocycles. The van der Waals surface area contributed by atoms with Gasteiger partial charge >= 0.3 is 5.97 Å². The van der Waals surface area contributed by atoms with Crippen LogP contribution in [0.1, 0.15) is 30.4 Å². The minimum atomic E-state index is -0.654. The Hall–Kier alpha value is -4.52. The molecule has 0 radical (unpaired) electrons. The molecule has 1 heterocycles. The van der Waals surface area contributed by atoms with E-state index in [0.717, 1.165) is 5.57 Å². The van der Waals surface area contributed by atoms with Gasteiger partial charge in [0.2, 0.25) is 5.43 Å². The topological polar surface area (TPSA) is 106 Å². The molecule has 7 nitrogen and oxygen atoms in total. The minimum absolute atomic E-state index is 0.0813. The summed E-state index contributed by atoms with van der Waals surface area (Å²) in [5.41, 5.74) is 2.66. The smallest absolute Gasteiger partial charge is 0.306 e. The minimum Gasteiger partial charge on any atom is -0.508 e. The molecule has 36 heavy (non-hydrogen) atoms. The van der Waals surface area contributed by atoms with E-state index in [1.807, 2.05) is 6.92 Å². The van der Waals surface area contributed by atoms with Crippen LogP contribution >= 0.6 is 0 Å². The van der Waals surface area contributed by atoms with Gasteiger partial charge in [0, 0.05) is 11.5 Å². The molecule has 0 aliphatic carbocycles. The highest BCUT2D eigenvalue weighted by molar-refractivity contribution is 5.87. The SMILES string of the molecule is C=C(C)COc1ccc([C@@H](CC(=O)OC)c2c(O)ccc3c(=O)c(-c4ccc(O)cc4)coc23)cc1. The van der Waals surface area contributed by atoms with Crippen molar-refractivity contribution in [1.29, 1.82) is 0 Å². The zero-order valence-corrected chi connectivity index (χ0v) is 20.0. The number of phenols is 2. The fraction of sp³-hybridized carbons (Fsp3) is 0.172. The first-order chi connectivity index (χ1) is 17.3. The summed E-state index contributed by atoms with van der Waals surface area (Å²) in [5, 5.41) is 20.7. The molecule has 1 atom stereocenters. The molecule has 3 aromatic carbocycles. The predicted molar refractivity (Wildman–Crippen MR) is 136 cm³/mol. The standard InChI is InChI=1S/C29H26O7/c1-17(2)15-35-21-10-6-18(7-11-21)23(14-26(32)34-3)27-25(31)13-12-22-28(33)24(16-36-29(22)27)19-4-8-20(30)9-5-19/h4-13,16,23,30-31H,1,14-15H2,2-3H3/t23-/m1/s1. The average Bonchev–Trinajstić information content (AvgIpc) is 2.87. The van der Waals surface area contributed by atoms with Crippen molar-refractivity contribution in [2.24, 2.45) is 0 Å². The number of hydrogen-bond acceptors (Lipinski definition) is 7. The van der Waals surface area contributed by atoms with Crippen molar-refractivity contribution in [3.05, 3.63) is 100 Å². The maximum Gasteiger partial charge on any atom is 0.306 e. The summed E-state index contributed by atoms with van der Waals surface area (Å²) in [6, 6.07) is 16.2. The number of carbonyl (C=O) groups is 1. The third-order valence-corrected chi connectivity index (χ3v) is 5.85. The van der Waals surface area contributed by atoms with Crippen molar-refractivity contribution >= 4 is 16.9 Å². The molecule has 0 unspecified atom stereocenters. The lowest BCUT2D eigenvalue weighted by Crippen LogP contribution is -2.12. The van der Waals surface area contributed by atoms with Crippen LogP contribution in [0.4, 0.5) is 0 Å². The van der Waals surface area contributed by atoms with Crippen molar-refractivity contribution in [3.63, 3.8) is 0 Å². The van der Waals surface area contributed by atoms with Crippen LogP contribution < -0.4 is 10.2 Å². The van der Waals surface area contributed by atoms with E-state index in [9.17, 15) is 19.8 Å². The Bertz CT molecular complexity index is 1470. The van der Waals surface area contributed by atoms with Crippen molar-refractivity contribution in [3.8, 4) is 28.4 Å². The molecular weight excluding hydrogens is 460 g/mol. The summed E-state index contributed by atoms with van der Waals surface area (Å²) >= 11 is 0. The van der Waals surface area contributed by atoms with Gasteiger partial charge in [-0.25, -0.2) is 0 Å². The van der Waals surface area contributed by atoms with Gasteiger partial charge in [-0.05, 0) is 60.0 Å². The summed E-state index contributed by atoms with van der Waals surface area (Å²) in [7, 11) is 1.29. The number of aromatic hydroxyl groups is 2. The molecule has 2 N–H and O–H groups in total. The Balaban J connectivity index is 1.83. The first kappa shape index (κ1) is 24.6. The van der Waals surface area contributed by atoms with E-state index in [1.165, 1.54) is 37.6 Å². The molecular formula is C29H26O7. The Labute approximate surface area is 207 Å². The van der Waals surface area contributed by atoms with Crippen LogP contribution in [0.2, 0.25) is 0 Å². The quantitative estimate of drug-likeness (QED) is 0.249. The molecule has 0 aliphatic rings. The van der Waals surface area contributed by atoms with Crippen LogP contribution in [0.3, 0.4) is 0 Å². The predicted octanol–water partition coefficient (Wildman–Crippen LogP) is 5.52. The van der Waals surface area contributed by atoms with Crippen molar-refractivity contribution < 1.29 is 28.9 Å². The molecule has 0 saturated heterocycles. The maximum atomic E-state index is 13.4. The fourth-order valence-electron chi connectivity index (χ4n) is 4.03. The highest BCUT2D eigenvalue weighted by atomic mass is 16.5. The Kier molecular flexibility index (Phi) is 7.10. The van der Waals surface area contributed by atoms with Crippen LogP contribution in [-0.2, 0) is 9.53 Å². The first-order valence-corrected chi connectivity index (χ1v) is 11.3. The zero-order valence-electron chi connectivity index (χ0n) is 20.0. The number of carbonyl (C=O) groups excluding carboxylic acids is 1. The monoisotopic (exact) mass is 486 g/mol. The summed E-state index contributed by atoms with van der Waals surface area (Å²) in [6.07, 6.45) is 1.24. The summed E-state index contributed by atoms with van der Waals surface area (Å²) < 4.78 is 16.5. The Morgan fingerprint density at radius 3 is 2.36 bits per heavy atom. The van der Waals surface area contributed by atoms with E-state index in [0.29, 0.717) is 34.6 Å². The maximum absolute atomic E-state index is 13.4. The van der Waals surface area contributed by atoms with Crippen LogP contribution in [0.5, 0.6) is 17.2 Å². The Morgan fingerprint density at radius 2 is 1.72 bits per heavy atom. The van der Waals surface area contributed by atoms with Gasteiger partial charge < -0.3 is 24.1 Å². The largest absolute Gasteiger partial charge is 0.508 e. The number of fused-ring (bicyclic) bond motifs is 1. The number of rotatable bonds is 8. The van der Waals surface area contributed by atoms with Gasteiger partial charge in [-0.3, -0.25) is 9.59 Å². The number of esters is 1. The molecule has 0 bridgehead atoms. The van der Waals surface area contributed by atoms with Gasteiger partial charge in [0.25, 0.3) is 0 Å². The van der Waals surface area contributed by atoms with Gasteiger partial charge in [-0.15, -0.1) is 0 Å². The molecule has 0 amide bonds. The van der Waals surface area contributed by atoms with Crippen LogP contribution in [0.25, 0.3) is 22.1 Å². The molecule has 0 fully saturated rings. The van der Waals surface area contributed by atoms with Gasteiger partial charge in [0.1, 0.15) is 35.7 Å². The Morgan fingerprint density at radius 1 is 1.03 bits per heavy atom.